The van der Waals surface area contributed by atoms with Crippen LogP contribution in [0, 0.1) is 18.3 Å². The molecule has 8 heteroatoms. The van der Waals surface area contributed by atoms with Gasteiger partial charge in [0.1, 0.15) is 24.0 Å². The van der Waals surface area contributed by atoms with Crippen LogP contribution in [0.15, 0.2) is 58.4 Å². The quantitative estimate of drug-likeness (QED) is 0.562. The Morgan fingerprint density at radius 3 is 2.90 bits per heavy atom. The monoisotopic (exact) mass is 470 g/mol. The third-order valence-electron chi connectivity index (χ3n) is 4.75. The van der Waals surface area contributed by atoms with Crippen LogP contribution in [-0.2, 0) is 6.61 Å². The highest BCUT2D eigenvalue weighted by atomic mass is 79.9. The second-order valence-corrected chi connectivity index (χ2v) is 7.88. The number of benzene rings is 2. The molecule has 146 valence electrons. The van der Waals surface area contributed by atoms with Gasteiger partial charge in [-0.15, -0.1) is 5.10 Å². The van der Waals surface area contributed by atoms with Crippen molar-refractivity contribution in [3.63, 3.8) is 0 Å². The smallest absolute Gasteiger partial charge is 0.244 e. The topological polar surface area (TPSA) is 97.0 Å². The van der Waals surface area contributed by atoms with Gasteiger partial charge in [-0.3, -0.25) is 5.10 Å². The predicted molar refractivity (Wildman–Crippen MR) is 113 cm³/mol. The van der Waals surface area contributed by atoms with E-state index in [1.807, 2.05) is 49.4 Å². The molecule has 0 spiro atoms. The van der Waals surface area contributed by atoms with Crippen LogP contribution < -0.4 is 15.2 Å². The first kappa shape index (κ1) is 19.4. The summed E-state index contributed by atoms with van der Waals surface area (Å²) >= 11 is 9.77. The van der Waals surface area contributed by atoms with E-state index in [4.69, 9.17) is 26.8 Å². The van der Waals surface area contributed by atoms with Gasteiger partial charge in [0.05, 0.1) is 5.92 Å². The lowest BCUT2D eigenvalue weighted by atomic mass is 9.83. The molecule has 0 radical (unpaired) electrons. The Morgan fingerprint density at radius 1 is 1.34 bits per heavy atom. The summed E-state index contributed by atoms with van der Waals surface area (Å²) in [5, 5.41) is 17.5. The number of nitrogens with two attached hydrogens (primary N) is 1. The SMILES string of the molecule is Cc1[nH]nc2c1[C@H](c1cc(Br)ccc1OCc1ccccc1Cl)C(C#N)=C(N)O2. The molecular weight excluding hydrogens is 456 g/mol. The van der Waals surface area contributed by atoms with Gasteiger partial charge in [0.2, 0.25) is 11.8 Å². The van der Waals surface area contributed by atoms with Crippen molar-refractivity contribution in [2.75, 3.05) is 0 Å². The van der Waals surface area contributed by atoms with Crippen molar-refractivity contribution in [2.45, 2.75) is 19.4 Å². The number of aryl methyl sites for hydroxylation is 1. The van der Waals surface area contributed by atoms with Crippen molar-refractivity contribution in [1.82, 2.24) is 10.2 Å². The minimum absolute atomic E-state index is 0.0357. The van der Waals surface area contributed by atoms with E-state index in [9.17, 15) is 5.26 Å². The molecule has 2 heterocycles. The largest absolute Gasteiger partial charge is 0.489 e. The third kappa shape index (κ3) is 3.57. The minimum atomic E-state index is -0.471. The summed E-state index contributed by atoms with van der Waals surface area (Å²) in [4.78, 5) is 0. The van der Waals surface area contributed by atoms with E-state index >= 15 is 0 Å². The fourth-order valence-corrected chi connectivity index (χ4v) is 3.93. The first-order valence-electron chi connectivity index (χ1n) is 8.77. The zero-order chi connectivity index (χ0) is 20.5. The first-order valence-corrected chi connectivity index (χ1v) is 9.94. The molecule has 1 aliphatic heterocycles. The van der Waals surface area contributed by atoms with Crippen LogP contribution in [0.1, 0.15) is 28.3 Å². The lowest BCUT2D eigenvalue weighted by Crippen LogP contribution is -2.21. The van der Waals surface area contributed by atoms with Gasteiger partial charge in [0, 0.05) is 31.9 Å². The summed E-state index contributed by atoms with van der Waals surface area (Å²) < 4.78 is 12.5. The average molecular weight is 472 g/mol. The fraction of sp³-hybridized carbons (Fsp3) is 0.143. The summed E-state index contributed by atoms with van der Waals surface area (Å²) in [6.07, 6.45) is 0. The molecule has 0 amide bonds. The summed E-state index contributed by atoms with van der Waals surface area (Å²) in [5.74, 6) is 0.544. The maximum absolute atomic E-state index is 9.78. The summed E-state index contributed by atoms with van der Waals surface area (Å²) in [7, 11) is 0. The molecule has 0 aliphatic carbocycles. The Balaban J connectivity index is 1.80. The molecule has 29 heavy (non-hydrogen) atoms. The normalized spacial score (nSPS) is 15.4. The third-order valence-corrected chi connectivity index (χ3v) is 5.62. The second-order valence-electron chi connectivity index (χ2n) is 6.55. The Bertz CT molecular complexity index is 1170. The number of fused-ring (bicyclic) bond motifs is 1. The van der Waals surface area contributed by atoms with Crippen LogP contribution in [0.4, 0.5) is 0 Å². The molecule has 6 nitrogen and oxygen atoms in total. The van der Waals surface area contributed by atoms with Gasteiger partial charge in [-0.25, -0.2) is 0 Å². The van der Waals surface area contributed by atoms with Crippen LogP contribution in [0.3, 0.4) is 0 Å². The molecule has 1 atom stereocenters. The molecule has 0 unspecified atom stereocenters. The number of rotatable bonds is 4. The van der Waals surface area contributed by atoms with E-state index in [-0.39, 0.29) is 12.5 Å². The highest BCUT2D eigenvalue weighted by Crippen LogP contribution is 2.46. The van der Waals surface area contributed by atoms with Crippen LogP contribution in [0.25, 0.3) is 0 Å². The van der Waals surface area contributed by atoms with Gasteiger partial charge < -0.3 is 15.2 Å². The van der Waals surface area contributed by atoms with Crippen LogP contribution >= 0.6 is 27.5 Å². The van der Waals surface area contributed by atoms with Gasteiger partial charge in [0.25, 0.3) is 0 Å². The maximum Gasteiger partial charge on any atom is 0.244 e. The van der Waals surface area contributed by atoms with Crippen molar-refractivity contribution in [3.8, 4) is 17.7 Å². The van der Waals surface area contributed by atoms with E-state index < -0.39 is 5.92 Å². The lowest BCUT2D eigenvalue weighted by Gasteiger charge is -2.25. The number of ether oxygens (including phenoxy) is 2. The standard InChI is InChI=1S/C21H16BrClN4O2/c1-11-18-19(15(9-24)20(25)29-21(18)27-26-11)14-8-13(22)6-7-17(14)28-10-12-4-2-3-5-16(12)23/h2-8,19H,10,25H2,1H3,(H,26,27)/t19-/m1/s1. The zero-order valence-corrected chi connectivity index (χ0v) is 17.7. The van der Waals surface area contributed by atoms with E-state index in [1.54, 1.807) is 0 Å². The number of nitriles is 1. The molecule has 1 aliphatic rings. The molecule has 4 rings (SSSR count). The van der Waals surface area contributed by atoms with Crippen LogP contribution in [-0.4, -0.2) is 10.2 Å². The van der Waals surface area contributed by atoms with Gasteiger partial charge in [-0.1, -0.05) is 45.7 Å². The van der Waals surface area contributed by atoms with E-state index in [0.29, 0.717) is 22.2 Å². The minimum Gasteiger partial charge on any atom is -0.489 e. The summed E-state index contributed by atoms with van der Waals surface area (Å²) in [5.41, 5.74) is 9.53. The Kier molecular flexibility index (Phi) is 5.22. The molecule has 0 bridgehead atoms. The van der Waals surface area contributed by atoms with Gasteiger partial charge in [-0.2, -0.15) is 5.26 Å². The van der Waals surface area contributed by atoms with Gasteiger partial charge in [0.15, 0.2) is 0 Å². The van der Waals surface area contributed by atoms with Gasteiger partial charge in [-0.05, 0) is 31.2 Å². The van der Waals surface area contributed by atoms with E-state index in [2.05, 4.69) is 32.2 Å². The van der Waals surface area contributed by atoms with Gasteiger partial charge >= 0.3 is 0 Å². The second kappa shape index (κ2) is 7.82. The Labute approximate surface area is 181 Å². The number of aromatic amines is 1. The maximum atomic E-state index is 9.78. The Hall–Kier alpha value is -2.95. The van der Waals surface area contributed by atoms with E-state index in [1.165, 1.54) is 0 Å². The van der Waals surface area contributed by atoms with Crippen LogP contribution in [0.2, 0.25) is 5.02 Å². The van der Waals surface area contributed by atoms with Crippen molar-refractivity contribution in [3.05, 3.63) is 85.8 Å². The summed E-state index contributed by atoms with van der Waals surface area (Å²) in [6, 6.07) is 15.3. The number of hydrogen-bond acceptors (Lipinski definition) is 5. The summed E-state index contributed by atoms with van der Waals surface area (Å²) in [6.45, 7) is 2.16. The molecule has 1 aromatic heterocycles. The van der Waals surface area contributed by atoms with Crippen molar-refractivity contribution >= 4 is 27.5 Å². The predicted octanol–water partition coefficient (Wildman–Crippen LogP) is 4.93. The molecule has 2 aromatic carbocycles. The van der Waals surface area contributed by atoms with Crippen LogP contribution in [0.5, 0.6) is 11.6 Å². The lowest BCUT2D eigenvalue weighted by molar-refractivity contribution is 0.301. The number of nitrogens with one attached hydrogen (secondary N) is 1. The zero-order valence-electron chi connectivity index (χ0n) is 15.4. The number of H-pyrrole nitrogens is 1. The fourth-order valence-electron chi connectivity index (χ4n) is 3.36. The average Bonchev–Trinajstić information content (AvgIpc) is 3.07. The van der Waals surface area contributed by atoms with Crippen molar-refractivity contribution < 1.29 is 9.47 Å². The number of hydrogen-bond donors (Lipinski definition) is 2. The first-order chi connectivity index (χ1) is 14.0. The molecule has 0 saturated carbocycles. The molecular formula is C21H16BrClN4O2. The molecule has 0 fully saturated rings. The highest BCUT2D eigenvalue weighted by Gasteiger charge is 2.36. The number of halogens is 2. The molecule has 3 aromatic rings. The number of allylic oxidation sites excluding steroid dienone is 1. The number of nitrogens with zero attached hydrogens (tertiary/aromatic N) is 2. The molecule has 3 N–H and O–H groups in total. The Morgan fingerprint density at radius 2 is 2.14 bits per heavy atom. The molecule has 0 saturated heterocycles. The highest BCUT2D eigenvalue weighted by molar-refractivity contribution is 9.10. The number of aromatic nitrogens is 2. The van der Waals surface area contributed by atoms with Crippen molar-refractivity contribution in [1.29, 1.82) is 5.26 Å². The van der Waals surface area contributed by atoms with E-state index in [0.717, 1.165) is 26.9 Å². The van der Waals surface area contributed by atoms with Crippen molar-refractivity contribution in [2.24, 2.45) is 5.73 Å².